The Bertz CT molecular complexity index is 856. The zero-order valence-electron chi connectivity index (χ0n) is 15.7. The van der Waals surface area contributed by atoms with Gasteiger partial charge in [0.15, 0.2) is 11.6 Å². The van der Waals surface area contributed by atoms with E-state index in [2.05, 4.69) is 36.1 Å². The lowest BCUT2D eigenvalue weighted by Crippen LogP contribution is -2.24. The lowest BCUT2D eigenvalue weighted by molar-refractivity contribution is 0.0927. The first-order valence-corrected chi connectivity index (χ1v) is 9.72. The van der Waals surface area contributed by atoms with Crippen molar-refractivity contribution in [3.8, 4) is 5.75 Å². The quantitative estimate of drug-likeness (QED) is 0.753. The van der Waals surface area contributed by atoms with Gasteiger partial charge in [-0.2, -0.15) is 0 Å². The van der Waals surface area contributed by atoms with E-state index in [4.69, 9.17) is 4.74 Å². The summed E-state index contributed by atoms with van der Waals surface area (Å²) in [6.45, 7) is 5.33. The highest BCUT2D eigenvalue weighted by Crippen LogP contribution is 2.28. The van der Waals surface area contributed by atoms with Gasteiger partial charge in [0.1, 0.15) is 5.75 Å². The lowest BCUT2D eigenvalue weighted by atomic mass is 9.97. The molecule has 0 N–H and O–H groups in total. The van der Waals surface area contributed by atoms with Gasteiger partial charge in [-0.3, -0.25) is 9.59 Å². The van der Waals surface area contributed by atoms with E-state index in [-0.39, 0.29) is 11.6 Å². The molecule has 2 aliphatic rings. The minimum atomic E-state index is 0.0921. The molecular weight excluding hydrogens is 338 g/mol. The molecule has 2 aromatic carbocycles. The Kier molecular flexibility index (Phi) is 5.08. The molecule has 1 fully saturated rings. The van der Waals surface area contributed by atoms with Crippen molar-refractivity contribution in [1.82, 2.24) is 4.90 Å². The summed E-state index contributed by atoms with van der Waals surface area (Å²) in [7, 11) is 0. The molecule has 1 unspecified atom stereocenters. The summed E-state index contributed by atoms with van der Waals surface area (Å²) in [5.74, 6) is 1.31. The van der Waals surface area contributed by atoms with E-state index in [1.165, 1.54) is 11.1 Å². The normalized spacial score (nSPS) is 19.6. The van der Waals surface area contributed by atoms with Gasteiger partial charge in [-0.05, 0) is 43.5 Å². The fourth-order valence-corrected chi connectivity index (χ4v) is 3.98. The van der Waals surface area contributed by atoms with Gasteiger partial charge < -0.3 is 9.64 Å². The Morgan fingerprint density at radius 3 is 2.81 bits per heavy atom. The van der Waals surface area contributed by atoms with Gasteiger partial charge in [-0.15, -0.1) is 0 Å². The number of ketones is 2. The maximum Gasteiger partial charge on any atom is 0.169 e. The minimum Gasteiger partial charge on any atom is -0.492 e. The standard InChI is InChI=1S/C23H25NO3/c1-16-2-4-17(5-3-16)19-8-11-24(15-19)12-9-21(25)18-6-7-20-22(26)10-13-27-23(20)14-18/h2-7,14,19H,8-13,15H2,1H3. The number of ether oxygens (including phenoxy) is 1. The average Bonchev–Trinajstić information content (AvgIpc) is 3.15. The van der Waals surface area contributed by atoms with Crippen molar-refractivity contribution in [2.24, 2.45) is 0 Å². The van der Waals surface area contributed by atoms with Gasteiger partial charge in [0.05, 0.1) is 12.2 Å². The highest BCUT2D eigenvalue weighted by molar-refractivity contribution is 6.02. The number of rotatable bonds is 5. The van der Waals surface area contributed by atoms with E-state index in [1.54, 1.807) is 18.2 Å². The maximum atomic E-state index is 12.6. The number of likely N-dealkylation sites (tertiary alicyclic amines) is 1. The molecule has 0 saturated carbocycles. The van der Waals surface area contributed by atoms with Crippen LogP contribution in [-0.2, 0) is 0 Å². The van der Waals surface area contributed by atoms with Gasteiger partial charge in [-0.25, -0.2) is 0 Å². The molecule has 0 bridgehead atoms. The Hall–Kier alpha value is -2.46. The van der Waals surface area contributed by atoms with Crippen LogP contribution in [0.5, 0.6) is 5.75 Å². The monoisotopic (exact) mass is 363 g/mol. The summed E-state index contributed by atoms with van der Waals surface area (Å²) in [6, 6.07) is 14.0. The van der Waals surface area contributed by atoms with Crippen molar-refractivity contribution in [3.05, 3.63) is 64.7 Å². The molecule has 27 heavy (non-hydrogen) atoms. The van der Waals surface area contributed by atoms with Crippen molar-refractivity contribution >= 4 is 11.6 Å². The molecule has 4 nitrogen and oxygen atoms in total. The van der Waals surface area contributed by atoms with Gasteiger partial charge in [-0.1, -0.05) is 35.9 Å². The number of hydrogen-bond acceptors (Lipinski definition) is 4. The first-order chi connectivity index (χ1) is 13.1. The van der Waals surface area contributed by atoms with Gasteiger partial charge in [0.2, 0.25) is 0 Å². The number of carbonyl (C=O) groups excluding carboxylic acids is 2. The number of nitrogens with zero attached hydrogens (tertiary/aromatic N) is 1. The van der Waals surface area contributed by atoms with Crippen LogP contribution in [0.3, 0.4) is 0 Å². The Morgan fingerprint density at radius 1 is 1.19 bits per heavy atom. The van der Waals surface area contributed by atoms with Crippen LogP contribution in [-0.4, -0.2) is 42.7 Å². The molecule has 2 heterocycles. The first-order valence-electron chi connectivity index (χ1n) is 9.72. The molecule has 0 amide bonds. The molecular formula is C23H25NO3. The number of carbonyl (C=O) groups is 2. The highest BCUT2D eigenvalue weighted by Gasteiger charge is 2.25. The third kappa shape index (κ3) is 3.96. The summed E-state index contributed by atoms with van der Waals surface area (Å²) in [5.41, 5.74) is 3.91. The van der Waals surface area contributed by atoms with Gasteiger partial charge in [0, 0.05) is 31.5 Å². The zero-order valence-corrected chi connectivity index (χ0v) is 15.7. The second kappa shape index (κ2) is 7.65. The van der Waals surface area contributed by atoms with Crippen LogP contribution in [0.2, 0.25) is 0 Å². The van der Waals surface area contributed by atoms with E-state index >= 15 is 0 Å². The SMILES string of the molecule is Cc1ccc(C2CCN(CCC(=O)c3ccc4c(c3)OCCC4=O)C2)cc1. The average molecular weight is 363 g/mol. The summed E-state index contributed by atoms with van der Waals surface area (Å²) < 4.78 is 5.55. The molecule has 2 aromatic rings. The van der Waals surface area contributed by atoms with Crippen LogP contribution in [0.1, 0.15) is 57.0 Å². The third-order valence-corrected chi connectivity index (χ3v) is 5.67. The van der Waals surface area contributed by atoms with E-state index in [1.807, 2.05) is 0 Å². The van der Waals surface area contributed by atoms with Crippen LogP contribution in [0.25, 0.3) is 0 Å². The maximum absolute atomic E-state index is 12.6. The van der Waals surface area contributed by atoms with E-state index < -0.39 is 0 Å². The molecule has 1 saturated heterocycles. The van der Waals surface area contributed by atoms with Crippen molar-refractivity contribution in [2.45, 2.75) is 32.1 Å². The molecule has 0 aromatic heterocycles. The van der Waals surface area contributed by atoms with Crippen LogP contribution in [0.15, 0.2) is 42.5 Å². The first kappa shape index (κ1) is 17.9. The molecule has 140 valence electrons. The van der Waals surface area contributed by atoms with Gasteiger partial charge in [0.25, 0.3) is 0 Å². The summed E-state index contributed by atoms with van der Waals surface area (Å²) >= 11 is 0. The predicted molar refractivity (Wildman–Crippen MR) is 105 cm³/mol. The van der Waals surface area contributed by atoms with Crippen molar-refractivity contribution in [2.75, 3.05) is 26.2 Å². The van der Waals surface area contributed by atoms with Crippen LogP contribution >= 0.6 is 0 Å². The zero-order chi connectivity index (χ0) is 18.8. The summed E-state index contributed by atoms with van der Waals surface area (Å²) in [5, 5.41) is 0. The number of aryl methyl sites for hydroxylation is 1. The molecule has 0 aliphatic carbocycles. The fourth-order valence-electron chi connectivity index (χ4n) is 3.98. The molecule has 4 heteroatoms. The largest absolute Gasteiger partial charge is 0.492 e. The van der Waals surface area contributed by atoms with E-state index in [0.717, 1.165) is 26.1 Å². The van der Waals surface area contributed by atoms with Gasteiger partial charge >= 0.3 is 0 Å². The summed E-state index contributed by atoms with van der Waals surface area (Å²) in [4.78, 5) is 26.8. The van der Waals surface area contributed by atoms with Crippen LogP contribution in [0, 0.1) is 6.92 Å². The molecule has 0 spiro atoms. The van der Waals surface area contributed by atoms with Crippen molar-refractivity contribution < 1.29 is 14.3 Å². The number of fused-ring (bicyclic) bond motifs is 1. The number of hydrogen-bond donors (Lipinski definition) is 0. The predicted octanol–water partition coefficient (Wildman–Crippen LogP) is 4.02. The van der Waals surface area contributed by atoms with E-state index in [9.17, 15) is 9.59 Å². The Morgan fingerprint density at radius 2 is 2.00 bits per heavy atom. The Balaban J connectivity index is 1.33. The van der Waals surface area contributed by atoms with Crippen molar-refractivity contribution in [3.63, 3.8) is 0 Å². The molecule has 1 atom stereocenters. The second-order valence-electron chi connectivity index (χ2n) is 7.60. The molecule has 2 aliphatic heterocycles. The Labute approximate surface area is 160 Å². The third-order valence-electron chi connectivity index (χ3n) is 5.67. The smallest absolute Gasteiger partial charge is 0.169 e. The number of benzene rings is 2. The van der Waals surface area contributed by atoms with Crippen LogP contribution in [0.4, 0.5) is 0 Å². The number of Topliss-reactive ketones (excluding diaryl/α,β-unsaturated/α-hetero) is 2. The van der Waals surface area contributed by atoms with Crippen LogP contribution < -0.4 is 4.74 Å². The highest BCUT2D eigenvalue weighted by atomic mass is 16.5. The van der Waals surface area contributed by atoms with Crippen molar-refractivity contribution in [1.29, 1.82) is 0 Å². The lowest BCUT2D eigenvalue weighted by Gasteiger charge is -2.18. The topological polar surface area (TPSA) is 46.6 Å². The molecule has 4 rings (SSSR count). The fraction of sp³-hybridized carbons (Fsp3) is 0.391. The van der Waals surface area contributed by atoms with E-state index in [0.29, 0.717) is 42.2 Å². The molecule has 0 radical (unpaired) electrons. The summed E-state index contributed by atoms with van der Waals surface area (Å²) in [6.07, 6.45) is 2.05. The minimum absolute atomic E-state index is 0.0921. The second-order valence-corrected chi connectivity index (χ2v) is 7.60.